The fraction of sp³-hybridized carbons (Fsp3) is 0.318. The van der Waals surface area contributed by atoms with Crippen LogP contribution in [0.25, 0.3) is 22.2 Å². The van der Waals surface area contributed by atoms with Gasteiger partial charge in [0.2, 0.25) is 0 Å². The van der Waals surface area contributed by atoms with Gasteiger partial charge >= 0.3 is 5.69 Å². The molecule has 1 aliphatic rings. The van der Waals surface area contributed by atoms with Gasteiger partial charge in [-0.25, -0.2) is 14.2 Å². The zero-order valence-corrected chi connectivity index (χ0v) is 19.0. The third kappa shape index (κ3) is 3.07. The minimum Gasteiger partial charge on any atom is -0.396 e. The van der Waals surface area contributed by atoms with Gasteiger partial charge in [0.05, 0.1) is 28.2 Å². The molecule has 1 aliphatic heterocycles. The maximum atomic E-state index is 14.2. The summed E-state index contributed by atoms with van der Waals surface area (Å²) < 4.78 is 18.7. The van der Waals surface area contributed by atoms with Gasteiger partial charge in [-0.1, -0.05) is 23.7 Å². The summed E-state index contributed by atoms with van der Waals surface area (Å²) in [7, 11) is 3.06. The molecule has 1 aromatic carbocycles. The second-order valence-electron chi connectivity index (χ2n) is 8.13. The summed E-state index contributed by atoms with van der Waals surface area (Å²) in [6, 6.07) is 6.06. The van der Waals surface area contributed by atoms with Crippen LogP contribution in [0.3, 0.4) is 0 Å². The first-order valence-corrected chi connectivity index (χ1v) is 11.4. The van der Waals surface area contributed by atoms with Crippen molar-refractivity contribution < 1.29 is 9.50 Å². The van der Waals surface area contributed by atoms with Crippen molar-refractivity contribution in [3.63, 3.8) is 0 Å². The molecule has 0 saturated heterocycles. The number of aromatic nitrogens is 4. The third-order valence-electron chi connectivity index (χ3n) is 6.19. The van der Waals surface area contributed by atoms with Crippen LogP contribution in [-0.2, 0) is 20.6 Å². The number of nitrogens with zero attached hydrogens (tertiary/aromatic N) is 4. The molecule has 0 unspecified atom stereocenters. The summed E-state index contributed by atoms with van der Waals surface area (Å²) in [6.07, 6.45) is 0.589. The summed E-state index contributed by atoms with van der Waals surface area (Å²) in [5, 5.41) is 13.2. The molecule has 10 heteroatoms. The zero-order chi connectivity index (χ0) is 22.7. The number of aryl methyl sites for hydroxylation is 1. The minimum absolute atomic E-state index is 0.0525. The topological polar surface area (TPSA) is 82.0 Å². The molecule has 0 aliphatic carbocycles. The van der Waals surface area contributed by atoms with Crippen LogP contribution in [0.4, 0.5) is 4.39 Å². The molecule has 0 amide bonds. The summed E-state index contributed by atoms with van der Waals surface area (Å²) in [5.74, 6) is -0.809. The van der Waals surface area contributed by atoms with Crippen LogP contribution in [0.5, 0.6) is 0 Å². The van der Waals surface area contributed by atoms with Gasteiger partial charge in [-0.15, -0.1) is 11.3 Å². The van der Waals surface area contributed by atoms with Crippen molar-refractivity contribution in [2.45, 2.75) is 18.9 Å². The van der Waals surface area contributed by atoms with E-state index in [9.17, 15) is 19.1 Å². The van der Waals surface area contributed by atoms with E-state index in [1.807, 2.05) is 4.57 Å². The fourth-order valence-corrected chi connectivity index (χ4v) is 5.84. The van der Waals surface area contributed by atoms with Gasteiger partial charge in [-0.05, 0) is 18.6 Å². The molecule has 0 radical (unpaired) electrons. The van der Waals surface area contributed by atoms with Crippen LogP contribution in [0.2, 0.25) is 5.15 Å². The normalized spacial score (nSPS) is 18.3. The predicted octanol–water partition coefficient (Wildman–Crippen LogP) is 3.10. The number of hydrogen-bond acceptors (Lipinski definition) is 5. The van der Waals surface area contributed by atoms with Gasteiger partial charge in [0.25, 0.3) is 5.56 Å². The molecule has 0 spiro atoms. The van der Waals surface area contributed by atoms with Crippen molar-refractivity contribution >= 4 is 33.8 Å². The highest BCUT2D eigenvalue weighted by atomic mass is 35.5. The fourth-order valence-electron chi connectivity index (χ4n) is 4.77. The van der Waals surface area contributed by atoms with E-state index in [2.05, 4.69) is 4.98 Å². The average molecular weight is 475 g/mol. The molecule has 32 heavy (non-hydrogen) atoms. The Bertz CT molecular complexity index is 1490. The monoisotopic (exact) mass is 474 g/mol. The molecule has 7 nitrogen and oxygen atoms in total. The number of benzene rings is 1. The highest BCUT2D eigenvalue weighted by molar-refractivity contribution is 7.10. The summed E-state index contributed by atoms with van der Waals surface area (Å²) in [4.78, 5) is 30.7. The molecule has 1 N–H and O–H groups in total. The van der Waals surface area contributed by atoms with E-state index >= 15 is 0 Å². The van der Waals surface area contributed by atoms with E-state index in [-0.39, 0.29) is 18.4 Å². The molecular weight excluding hydrogens is 455 g/mol. The van der Waals surface area contributed by atoms with Crippen LogP contribution in [-0.4, -0.2) is 30.4 Å². The number of thiazole rings is 1. The largest absolute Gasteiger partial charge is 0.396 e. The quantitative estimate of drug-likeness (QED) is 0.494. The molecule has 5 rings (SSSR count). The molecule has 3 aromatic heterocycles. The molecule has 0 bridgehead atoms. The Kier molecular flexibility index (Phi) is 5.07. The van der Waals surface area contributed by atoms with Gasteiger partial charge in [-0.2, -0.15) is 0 Å². The van der Waals surface area contributed by atoms with Crippen molar-refractivity contribution in [2.75, 3.05) is 6.61 Å². The first kappa shape index (κ1) is 21.1. The van der Waals surface area contributed by atoms with Crippen LogP contribution in [0, 0.1) is 11.7 Å². The van der Waals surface area contributed by atoms with Gasteiger partial charge in [-0.3, -0.25) is 13.9 Å². The lowest BCUT2D eigenvalue weighted by Crippen LogP contribution is -2.37. The SMILES string of the molecule is Cn1c(=O)c2c(-c3cccc(F)c3)n3c(c2n(C)c1=O)[C@H](c1nc(Cl)cs1)C[C@@H](CO)C3. The van der Waals surface area contributed by atoms with E-state index in [1.165, 1.54) is 35.1 Å². The maximum absolute atomic E-state index is 14.2. The number of fused-ring (bicyclic) bond motifs is 3. The summed E-state index contributed by atoms with van der Waals surface area (Å²) in [6.45, 7) is 0.377. The molecule has 4 heterocycles. The van der Waals surface area contributed by atoms with E-state index in [0.717, 1.165) is 15.3 Å². The Morgan fingerprint density at radius 2 is 2.06 bits per heavy atom. The van der Waals surface area contributed by atoms with E-state index in [4.69, 9.17) is 11.6 Å². The predicted molar refractivity (Wildman–Crippen MR) is 122 cm³/mol. The van der Waals surface area contributed by atoms with Gasteiger partial charge < -0.3 is 9.67 Å². The van der Waals surface area contributed by atoms with Gasteiger partial charge in [0, 0.05) is 44.1 Å². The lowest BCUT2D eigenvalue weighted by Gasteiger charge is -2.31. The number of hydrogen-bond donors (Lipinski definition) is 1. The van der Waals surface area contributed by atoms with E-state index < -0.39 is 17.1 Å². The maximum Gasteiger partial charge on any atom is 0.331 e. The molecule has 0 saturated carbocycles. The van der Waals surface area contributed by atoms with Crippen LogP contribution >= 0.6 is 22.9 Å². The van der Waals surface area contributed by atoms with Gasteiger partial charge in [0.1, 0.15) is 16.0 Å². The Hall–Kier alpha value is -2.75. The summed E-state index contributed by atoms with van der Waals surface area (Å²) >= 11 is 7.51. The van der Waals surface area contributed by atoms with Crippen LogP contribution < -0.4 is 11.2 Å². The Balaban J connectivity index is 1.97. The molecule has 0 fully saturated rings. The highest BCUT2D eigenvalue weighted by Gasteiger charge is 2.37. The lowest BCUT2D eigenvalue weighted by molar-refractivity contribution is 0.186. The first-order chi connectivity index (χ1) is 15.3. The highest BCUT2D eigenvalue weighted by Crippen LogP contribution is 2.45. The van der Waals surface area contributed by atoms with E-state index in [1.54, 1.807) is 24.6 Å². The van der Waals surface area contributed by atoms with Gasteiger partial charge in [0.15, 0.2) is 0 Å². The second kappa shape index (κ2) is 7.68. The number of aliphatic hydroxyl groups is 1. The molecule has 166 valence electrons. The summed E-state index contributed by atoms with van der Waals surface area (Å²) in [5.41, 5.74) is 1.45. The van der Waals surface area contributed by atoms with Crippen LogP contribution in [0.15, 0.2) is 39.2 Å². The standard InChI is InChI=1S/C22H20ClFN4O3S/c1-26-19-16(21(30)27(2)22(26)31)17(12-4-3-5-13(24)7-12)28-8-11(9-29)6-14(18(19)28)20-25-15(23)10-32-20/h3-5,7,10-11,14,29H,6,8-9H2,1-2H3/t11-,14-/m1/s1. The van der Waals surface area contributed by atoms with Crippen molar-refractivity contribution in [3.05, 3.63) is 72.2 Å². The van der Waals surface area contributed by atoms with Crippen molar-refractivity contribution in [1.29, 1.82) is 0 Å². The third-order valence-corrected chi connectivity index (χ3v) is 7.47. The number of aliphatic hydroxyl groups excluding tert-OH is 1. The Morgan fingerprint density at radius 3 is 2.72 bits per heavy atom. The van der Waals surface area contributed by atoms with Crippen molar-refractivity contribution in [2.24, 2.45) is 20.0 Å². The van der Waals surface area contributed by atoms with E-state index in [0.29, 0.717) is 40.3 Å². The molecule has 4 aromatic rings. The van der Waals surface area contributed by atoms with Crippen molar-refractivity contribution in [3.8, 4) is 11.3 Å². The number of rotatable bonds is 3. The lowest BCUT2D eigenvalue weighted by atomic mass is 9.88. The number of halogens is 2. The molecular formula is C22H20ClFN4O3S. The first-order valence-electron chi connectivity index (χ1n) is 10.1. The zero-order valence-electron chi connectivity index (χ0n) is 17.4. The molecule has 2 atom stereocenters. The van der Waals surface area contributed by atoms with Crippen molar-refractivity contribution in [1.82, 2.24) is 18.7 Å². The van der Waals surface area contributed by atoms with Crippen LogP contribution in [0.1, 0.15) is 23.0 Å². The Labute approximate surface area is 191 Å². The second-order valence-corrected chi connectivity index (χ2v) is 9.41. The minimum atomic E-state index is -0.444. The Morgan fingerprint density at radius 1 is 1.28 bits per heavy atom. The average Bonchev–Trinajstić information content (AvgIpc) is 3.37. The smallest absolute Gasteiger partial charge is 0.331 e.